The number of hydrogen-bond donors (Lipinski definition) is 1. The van der Waals surface area contributed by atoms with Crippen molar-refractivity contribution >= 4 is 34.3 Å². The van der Waals surface area contributed by atoms with E-state index in [1.807, 2.05) is 6.92 Å². The van der Waals surface area contributed by atoms with Gasteiger partial charge in [0, 0.05) is 51.2 Å². The molecule has 0 radical (unpaired) electrons. The van der Waals surface area contributed by atoms with Crippen molar-refractivity contribution in [2.24, 2.45) is 0 Å². The van der Waals surface area contributed by atoms with E-state index in [4.69, 9.17) is 16.6 Å². The number of anilines is 2. The largest absolute Gasteiger partial charge is 0.324 e. The summed E-state index contributed by atoms with van der Waals surface area (Å²) in [5, 5.41) is 4.35. The summed E-state index contributed by atoms with van der Waals surface area (Å²) >= 11 is 6.67. The highest BCUT2D eigenvalue weighted by atomic mass is 35.5. The van der Waals surface area contributed by atoms with Crippen LogP contribution >= 0.6 is 11.6 Å². The molecule has 43 heavy (non-hydrogen) atoms. The molecule has 4 heterocycles. The molecule has 7 nitrogen and oxygen atoms in total. The average molecular weight is 597 g/mol. The quantitative estimate of drug-likeness (QED) is 0.195. The first-order valence-corrected chi connectivity index (χ1v) is 15.2. The summed E-state index contributed by atoms with van der Waals surface area (Å²) in [6.45, 7) is 9.69. The van der Waals surface area contributed by atoms with Crippen LogP contribution in [0.15, 0.2) is 71.7 Å². The molecule has 1 N–H and O–H groups in total. The third-order valence-electron chi connectivity index (χ3n) is 8.37. The van der Waals surface area contributed by atoms with Crippen molar-refractivity contribution in [3.05, 3.63) is 99.4 Å². The second-order valence-corrected chi connectivity index (χ2v) is 11.4. The Morgan fingerprint density at radius 2 is 1.67 bits per heavy atom. The van der Waals surface area contributed by atoms with Gasteiger partial charge in [0.1, 0.15) is 5.65 Å². The zero-order valence-electron chi connectivity index (χ0n) is 24.6. The normalized spacial score (nSPS) is 14.3. The molecule has 0 unspecified atom stereocenters. The van der Waals surface area contributed by atoms with E-state index in [9.17, 15) is 9.18 Å². The number of rotatable bonds is 7. The smallest absolute Gasteiger partial charge is 0.260 e. The van der Waals surface area contributed by atoms with Gasteiger partial charge < -0.3 is 10.2 Å². The first kappa shape index (κ1) is 29.0. The number of likely N-dealkylation sites (tertiary alicyclic amines) is 1. The highest BCUT2D eigenvalue weighted by Crippen LogP contribution is 2.33. The monoisotopic (exact) mass is 596 g/mol. The zero-order valence-corrected chi connectivity index (χ0v) is 25.3. The lowest BCUT2D eigenvalue weighted by molar-refractivity contribution is 0.222. The highest BCUT2D eigenvalue weighted by Gasteiger charge is 2.20. The lowest BCUT2D eigenvalue weighted by Crippen LogP contribution is -2.32. The molecule has 5 aromatic rings. The fourth-order valence-corrected chi connectivity index (χ4v) is 6.18. The maximum Gasteiger partial charge on any atom is 0.260 e. The van der Waals surface area contributed by atoms with Crippen molar-refractivity contribution in [3.63, 3.8) is 0 Å². The number of halogens is 2. The number of nitrogens with zero attached hydrogens (tertiary/aromatic N) is 5. The molecule has 220 valence electrons. The van der Waals surface area contributed by atoms with Gasteiger partial charge in [-0.05, 0) is 99.8 Å². The molecule has 2 aromatic carbocycles. The van der Waals surface area contributed by atoms with Crippen molar-refractivity contribution in [2.75, 3.05) is 25.0 Å². The summed E-state index contributed by atoms with van der Waals surface area (Å²) in [4.78, 5) is 29.3. The Labute approximate surface area is 255 Å². The average Bonchev–Trinajstić information content (AvgIpc) is 3.01. The molecule has 0 bridgehead atoms. The van der Waals surface area contributed by atoms with Crippen LogP contribution in [0.4, 0.5) is 16.0 Å². The Bertz CT molecular complexity index is 1850. The molecule has 1 aliphatic rings. The van der Waals surface area contributed by atoms with Crippen LogP contribution in [0.1, 0.15) is 43.9 Å². The van der Waals surface area contributed by atoms with Gasteiger partial charge in [0.25, 0.3) is 5.56 Å². The number of pyridine rings is 2. The lowest BCUT2D eigenvalue weighted by Gasteiger charge is -2.31. The summed E-state index contributed by atoms with van der Waals surface area (Å²) in [7, 11) is 0. The second-order valence-electron chi connectivity index (χ2n) is 11.0. The summed E-state index contributed by atoms with van der Waals surface area (Å²) < 4.78 is 16.1. The minimum Gasteiger partial charge on any atom is -0.324 e. The van der Waals surface area contributed by atoms with Gasteiger partial charge in [0.2, 0.25) is 11.9 Å². The molecule has 0 aliphatic carbocycles. The number of hydrogen-bond acceptors (Lipinski definition) is 6. The van der Waals surface area contributed by atoms with E-state index in [0.717, 1.165) is 25.3 Å². The third-order valence-corrected chi connectivity index (χ3v) is 8.69. The summed E-state index contributed by atoms with van der Waals surface area (Å²) in [5.74, 6) is 0.447. The van der Waals surface area contributed by atoms with Crippen LogP contribution in [-0.4, -0.2) is 44.1 Å². The van der Waals surface area contributed by atoms with Crippen molar-refractivity contribution in [2.45, 2.75) is 46.1 Å². The molecule has 6 rings (SSSR count). The number of benzene rings is 2. The predicted octanol–water partition coefficient (Wildman–Crippen LogP) is 7.58. The lowest BCUT2D eigenvalue weighted by atomic mass is 9.89. The van der Waals surface area contributed by atoms with Gasteiger partial charge >= 0.3 is 0 Å². The fraction of sp³-hybridized carbons (Fsp3) is 0.294. The van der Waals surface area contributed by atoms with Crippen molar-refractivity contribution in [1.82, 2.24) is 24.4 Å². The number of nitrogens with one attached hydrogen (secondary N) is 1. The van der Waals surface area contributed by atoms with Gasteiger partial charge in [-0.1, -0.05) is 42.8 Å². The first-order valence-electron chi connectivity index (χ1n) is 14.8. The molecule has 3 aromatic heterocycles. The van der Waals surface area contributed by atoms with Crippen molar-refractivity contribution in [1.29, 1.82) is 0 Å². The highest BCUT2D eigenvalue weighted by molar-refractivity contribution is 6.33. The predicted molar refractivity (Wildman–Crippen MR) is 172 cm³/mol. The van der Waals surface area contributed by atoms with Gasteiger partial charge in [0.05, 0.1) is 0 Å². The molecule has 0 spiro atoms. The molecule has 1 saturated heterocycles. The number of aryl methyl sites for hydroxylation is 2. The van der Waals surface area contributed by atoms with E-state index in [0.29, 0.717) is 62.4 Å². The van der Waals surface area contributed by atoms with Gasteiger partial charge in [-0.3, -0.25) is 9.36 Å². The number of fused-ring (bicyclic) bond motifs is 1. The fourth-order valence-electron chi connectivity index (χ4n) is 5.90. The SMILES string of the molecule is CCN1CCC(c2ccc(Nc3ncc4cc(-c5ccc(-c6ccc(C)nc6F)cc5Cl)c(=O)n(CC)c4n3)cc2)CC1. The minimum atomic E-state index is -0.562. The Morgan fingerprint density at radius 3 is 2.35 bits per heavy atom. The maximum absolute atomic E-state index is 14.5. The van der Waals surface area contributed by atoms with Gasteiger partial charge in [-0.15, -0.1) is 0 Å². The van der Waals surface area contributed by atoms with Crippen LogP contribution in [0.3, 0.4) is 0 Å². The first-order chi connectivity index (χ1) is 20.8. The van der Waals surface area contributed by atoms with Crippen LogP contribution in [0.2, 0.25) is 5.02 Å². The van der Waals surface area contributed by atoms with E-state index in [2.05, 4.69) is 51.4 Å². The Balaban J connectivity index is 1.27. The van der Waals surface area contributed by atoms with Crippen molar-refractivity contribution in [3.8, 4) is 22.3 Å². The van der Waals surface area contributed by atoms with Crippen LogP contribution in [0.25, 0.3) is 33.3 Å². The van der Waals surface area contributed by atoms with E-state index in [-0.39, 0.29) is 5.56 Å². The molecule has 0 saturated carbocycles. The van der Waals surface area contributed by atoms with Crippen LogP contribution in [-0.2, 0) is 6.54 Å². The summed E-state index contributed by atoms with van der Waals surface area (Å²) in [6, 6.07) is 18.8. The van der Waals surface area contributed by atoms with E-state index < -0.39 is 5.95 Å². The van der Waals surface area contributed by atoms with Gasteiger partial charge in [-0.25, -0.2) is 9.97 Å². The Morgan fingerprint density at radius 1 is 0.930 bits per heavy atom. The number of piperidine rings is 1. The van der Waals surface area contributed by atoms with E-state index in [1.165, 1.54) is 18.4 Å². The second kappa shape index (κ2) is 12.2. The Hall–Kier alpha value is -4.14. The molecule has 9 heteroatoms. The minimum absolute atomic E-state index is 0.212. The molecule has 1 fully saturated rings. The molecular weight excluding hydrogens is 563 g/mol. The Kier molecular flexibility index (Phi) is 8.23. The number of aromatic nitrogens is 4. The van der Waals surface area contributed by atoms with Crippen molar-refractivity contribution < 1.29 is 4.39 Å². The zero-order chi connectivity index (χ0) is 30.1. The van der Waals surface area contributed by atoms with Crippen LogP contribution in [0.5, 0.6) is 0 Å². The van der Waals surface area contributed by atoms with E-state index >= 15 is 0 Å². The maximum atomic E-state index is 14.5. The van der Waals surface area contributed by atoms with E-state index in [1.54, 1.807) is 54.1 Å². The van der Waals surface area contributed by atoms with Gasteiger partial charge in [0.15, 0.2) is 0 Å². The summed E-state index contributed by atoms with van der Waals surface area (Å²) in [6.07, 6.45) is 4.08. The van der Waals surface area contributed by atoms with Crippen LogP contribution in [0, 0.1) is 12.9 Å². The van der Waals surface area contributed by atoms with Crippen LogP contribution < -0.4 is 10.9 Å². The molecule has 0 amide bonds. The summed E-state index contributed by atoms with van der Waals surface area (Å²) in [5.41, 5.74) is 5.10. The molecule has 0 atom stereocenters. The molecular formula is C34H34ClFN6O. The van der Waals surface area contributed by atoms with Gasteiger partial charge in [-0.2, -0.15) is 9.37 Å². The third kappa shape index (κ3) is 5.90. The topological polar surface area (TPSA) is 75.9 Å². The molecule has 1 aliphatic heterocycles. The standard InChI is InChI=1S/C34H34ClFN6O/c1-4-41-16-14-23(15-17-41)22-7-10-26(11-8-22)39-34-37-20-25-18-29(33(43)42(5-2)32(25)40-34)28-13-9-24(19-30(28)35)27-12-6-21(3)38-31(27)36/h6-13,18-20,23H,4-5,14-17H2,1-3H3,(H,37,39,40).